The van der Waals surface area contributed by atoms with E-state index in [9.17, 15) is 0 Å². The molecule has 0 amide bonds. The van der Waals surface area contributed by atoms with E-state index in [0.717, 1.165) is 79.6 Å². The lowest BCUT2D eigenvalue weighted by Gasteiger charge is -2.33. The van der Waals surface area contributed by atoms with E-state index in [1.807, 2.05) is 59.3 Å². The van der Waals surface area contributed by atoms with Crippen LogP contribution in [0.15, 0.2) is 132 Å². The molecular weight excluding hydrogens is 571 g/mol. The van der Waals surface area contributed by atoms with Gasteiger partial charge < -0.3 is 9.64 Å². The van der Waals surface area contributed by atoms with E-state index in [-0.39, 0.29) is 0 Å². The van der Waals surface area contributed by atoms with Crippen molar-refractivity contribution in [2.45, 2.75) is 17.0 Å². The molecule has 0 saturated carbocycles. The topological polar surface area (TPSA) is 85.8 Å². The van der Waals surface area contributed by atoms with Gasteiger partial charge in [-0.25, -0.2) is 9.97 Å². The van der Waals surface area contributed by atoms with Gasteiger partial charge in [0.2, 0.25) is 0 Å². The first-order valence-corrected chi connectivity index (χ1v) is 14.9. The standard InChI is InChI=1S/C19H17NO.C16H6N4S2/c1-4-16-18(5-2)21-19-9-7-6-8-17(19)20(16)15-12-10-14(3)11-13-15;17-7-21-15-16(22-8-18)20-14-11-6-2-4-9-3-1-5-10(12(9)11)13(14)19-15/h4-13H,1-2H2,3H3;1-6H. The molecule has 0 saturated heterocycles. The summed E-state index contributed by atoms with van der Waals surface area (Å²) >= 11 is 1.87. The molecule has 5 aromatic rings. The Balaban J connectivity index is 0.000000153. The molecule has 7 rings (SSSR count). The molecule has 0 bridgehead atoms. The van der Waals surface area contributed by atoms with Crippen LogP contribution < -0.4 is 9.64 Å². The first-order chi connectivity index (χ1) is 21.1. The average molecular weight is 594 g/mol. The van der Waals surface area contributed by atoms with Gasteiger partial charge in [-0.15, -0.1) is 0 Å². The molecule has 0 fully saturated rings. The molecule has 43 heavy (non-hydrogen) atoms. The van der Waals surface area contributed by atoms with E-state index >= 15 is 0 Å². The Morgan fingerprint density at radius 2 is 1.37 bits per heavy atom. The fourth-order valence-electron chi connectivity index (χ4n) is 5.18. The minimum absolute atomic E-state index is 0.484. The van der Waals surface area contributed by atoms with E-state index in [4.69, 9.17) is 15.3 Å². The van der Waals surface area contributed by atoms with Crippen LogP contribution in [0, 0.1) is 28.3 Å². The van der Waals surface area contributed by atoms with Crippen LogP contribution in [0.5, 0.6) is 5.75 Å². The van der Waals surface area contributed by atoms with Crippen molar-refractivity contribution in [3.8, 4) is 39.1 Å². The fourth-order valence-corrected chi connectivity index (χ4v) is 6.15. The van der Waals surface area contributed by atoms with Crippen LogP contribution in [0.4, 0.5) is 11.4 Å². The van der Waals surface area contributed by atoms with Gasteiger partial charge in [0.05, 0.1) is 22.8 Å². The fraction of sp³-hybridized carbons (Fsp3) is 0.0286. The highest BCUT2D eigenvalue weighted by molar-refractivity contribution is 8.06. The first kappa shape index (κ1) is 27.9. The van der Waals surface area contributed by atoms with Crippen LogP contribution in [0.1, 0.15) is 5.56 Å². The zero-order valence-electron chi connectivity index (χ0n) is 23.1. The Morgan fingerprint density at radius 3 is 1.93 bits per heavy atom. The molecule has 2 aliphatic rings. The van der Waals surface area contributed by atoms with Gasteiger partial charge in [0.15, 0.2) is 11.5 Å². The van der Waals surface area contributed by atoms with Crippen LogP contribution in [0.3, 0.4) is 0 Å². The van der Waals surface area contributed by atoms with Gasteiger partial charge in [-0.05, 0) is 48.7 Å². The van der Waals surface area contributed by atoms with Crippen molar-refractivity contribution in [3.05, 3.63) is 127 Å². The second-order valence-corrected chi connectivity index (χ2v) is 11.1. The zero-order valence-corrected chi connectivity index (χ0v) is 24.7. The lowest BCUT2D eigenvalue weighted by Crippen LogP contribution is -2.22. The van der Waals surface area contributed by atoms with Crippen LogP contribution in [-0.2, 0) is 0 Å². The van der Waals surface area contributed by atoms with Crippen molar-refractivity contribution >= 4 is 45.7 Å². The smallest absolute Gasteiger partial charge is 0.151 e. The third-order valence-corrected chi connectivity index (χ3v) is 8.29. The Labute approximate surface area is 258 Å². The summed E-state index contributed by atoms with van der Waals surface area (Å²) in [4.78, 5) is 11.4. The second-order valence-electron chi connectivity index (χ2n) is 9.53. The van der Waals surface area contributed by atoms with Crippen LogP contribution in [0.2, 0.25) is 0 Å². The third-order valence-electron chi connectivity index (χ3n) is 7.02. The molecule has 1 aromatic heterocycles. The highest BCUT2D eigenvalue weighted by Crippen LogP contribution is 2.47. The molecule has 2 heterocycles. The molecule has 0 atom stereocenters. The molecular formula is C35H23N5OS2. The number of allylic oxidation sites excluding steroid dienone is 2. The van der Waals surface area contributed by atoms with Gasteiger partial charge in [0.25, 0.3) is 0 Å². The quantitative estimate of drug-likeness (QED) is 0.144. The highest BCUT2D eigenvalue weighted by atomic mass is 32.2. The van der Waals surface area contributed by atoms with Crippen LogP contribution >= 0.6 is 23.5 Å². The predicted molar refractivity (Wildman–Crippen MR) is 175 cm³/mol. The molecule has 4 aromatic carbocycles. The minimum atomic E-state index is 0.484. The number of fused-ring (bicyclic) bond motifs is 4. The van der Waals surface area contributed by atoms with Crippen molar-refractivity contribution < 1.29 is 4.74 Å². The van der Waals surface area contributed by atoms with Crippen molar-refractivity contribution in [2.75, 3.05) is 4.90 Å². The van der Waals surface area contributed by atoms with Crippen LogP contribution in [-0.4, -0.2) is 9.97 Å². The number of hydrogen-bond acceptors (Lipinski definition) is 8. The summed E-state index contributed by atoms with van der Waals surface area (Å²) in [7, 11) is 0. The summed E-state index contributed by atoms with van der Waals surface area (Å²) in [5.74, 6) is 1.53. The Kier molecular flexibility index (Phi) is 7.72. The maximum Gasteiger partial charge on any atom is 0.151 e. The summed E-state index contributed by atoms with van der Waals surface area (Å²) < 4.78 is 5.91. The monoisotopic (exact) mass is 593 g/mol. The number of hydrogen-bond donors (Lipinski definition) is 0. The first-order valence-electron chi connectivity index (χ1n) is 13.3. The summed E-state index contributed by atoms with van der Waals surface area (Å²) in [6.07, 6.45) is 3.51. The number of aromatic nitrogens is 2. The van der Waals surface area contributed by atoms with Gasteiger partial charge in [-0.2, -0.15) is 10.5 Å². The largest absolute Gasteiger partial charge is 0.453 e. The van der Waals surface area contributed by atoms with Crippen molar-refractivity contribution in [2.24, 2.45) is 0 Å². The van der Waals surface area contributed by atoms with Gasteiger partial charge in [0.1, 0.15) is 20.9 Å². The number of thioether (sulfide) groups is 2. The summed E-state index contributed by atoms with van der Waals surface area (Å²) in [5, 5.41) is 25.1. The van der Waals surface area contributed by atoms with E-state index in [2.05, 4.69) is 71.3 Å². The van der Waals surface area contributed by atoms with Gasteiger partial charge in [-0.1, -0.05) is 79.4 Å². The molecule has 0 unspecified atom stereocenters. The Bertz CT molecular complexity index is 1960. The van der Waals surface area contributed by atoms with Gasteiger partial charge >= 0.3 is 0 Å². The highest BCUT2D eigenvalue weighted by Gasteiger charge is 2.27. The molecule has 0 radical (unpaired) electrons. The minimum Gasteiger partial charge on any atom is -0.453 e. The van der Waals surface area contributed by atoms with E-state index in [1.54, 1.807) is 12.2 Å². The zero-order chi connectivity index (χ0) is 29.9. The predicted octanol–water partition coefficient (Wildman–Crippen LogP) is 9.53. The Morgan fingerprint density at radius 1 is 0.767 bits per heavy atom. The number of para-hydroxylation sites is 2. The average Bonchev–Trinajstić information content (AvgIpc) is 3.35. The number of anilines is 2. The lowest BCUT2D eigenvalue weighted by molar-refractivity contribution is 0.431. The summed E-state index contributed by atoms with van der Waals surface area (Å²) in [6.45, 7) is 9.84. The van der Waals surface area contributed by atoms with Crippen LogP contribution in [0.25, 0.3) is 33.3 Å². The molecule has 8 heteroatoms. The number of thiocyanates is 2. The van der Waals surface area contributed by atoms with E-state index in [0.29, 0.717) is 15.8 Å². The summed E-state index contributed by atoms with van der Waals surface area (Å²) in [5.41, 5.74) is 7.83. The number of aryl methyl sites for hydroxylation is 1. The molecule has 1 aliphatic heterocycles. The molecule has 6 nitrogen and oxygen atoms in total. The number of ether oxygens (including phenoxy) is 1. The van der Waals surface area contributed by atoms with E-state index < -0.39 is 0 Å². The van der Waals surface area contributed by atoms with Crippen molar-refractivity contribution in [1.82, 2.24) is 9.97 Å². The molecule has 0 N–H and O–H groups in total. The third kappa shape index (κ3) is 5.04. The van der Waals surface area contributed by atoms with Gasteiger partial charge in [-0.3, -0.25) is 0 Å². The second kappa shape index (κ2) is 11.9. The summed E-state index contributed by atoms with van der Waals surface area (Å²) in [6, 6.07) is 28.5. The van der Waals surface area contributed by atoms with E-state index in [1.165, 1.54) is 5.56 Å². The van der Waals surface area contributed by atoms with Crippen molar-refractivity contribution in [3.63, 3.8) is 0 Å². The SMILES string of the molecule is C=CC1=C(C=C)N(c2ccc(C)cc2)c2ccccc2O1.N#CSc1nc2c(nc1SC#N)-c1cccc3cccc-2c13. The number of rotatable bonds is 5. The molecule has 0 spiro atoms. The maximum atomic E-state index is 8.94. The number of nitriles is 2. The molecule has 1 aliphatic carbocycles. The number of nitrogens with zero attached hydrogens (tertiary/aromatic N) is 5. The molecule has 206 valence electrons. The normalized spacial score (nSPS) is 12.2. The lowest BCUT2D eigenvalue weighted by atomic mass is 10.0. The van der Waals surface area contributed by atoms with Crippen molar-refractivity contribution in [1.29, 1.82) is 10.5 Å². The maximum absolute atomic E-state index is 8.94. The number of benzene rings is 4. The Hall–Kier alpha value is -5.28. The van der Waals surface area contributed by atoms with Gasteiger partial charge in [0, 0.05) is 45.7 Å².